The number of amides is 1. The SMILES string of the molecule is CN(CC(=O)NC1CC1)CC(=O)c1cc(Br)sc1Br. The molecule has 1 aromatic rings. The van der Waals surface area contributed by atoms with Crippen molar-refractivity contribution in [3.8, 4) is 0 Å². The van der Waals surface area contributed by atoms with Crippen LogP contribution in [0.25, 0.3) is 0 Å². The summed E-state index contributed by atoms with van der Waals surface area (Å²) in [6.45, 7) is 0.491. The van der Waals surface area contributed by atoms with Crippen LogP contribution in [-0.2, 0) is 4.79 Å². The van der Waals surface area contributed by atoms with Gasteiger partial charge in [-0.1, -0.05) is 0 Å². The van der Waals surface area contributed by atoms with Crippen LogP contribution < -0.4 is 5.32 Å². The summed E-state index contributed by atoms with van der Waals surface area (Å²) in [6.07, 6.45) is 2.15. The summed E-state index contributed by atoms with van der Waals surface area (Å²) in [5, 5.41) is 2.91. The summed E-state index contributed by atoms with van der Waals surface area (Å²) >= 11 is 8.19. The molecule has 1 aromatic heterocycles. The van der Waals surface area contributed by atoms with Gasteiger partial charge in [-0.25, -0.2) is 0 Å². The van der Waals surface area contributed by atoms with E-state index in [4.69, 9.17) is 0 Å². The number of nitrogens with one attached hydrogen (secondary N) is 1. The average molecular weight is 410 g/mol. The van der Waals surface area contributed by atoms with Gasteiger partial charge < -0.3 is 5.32 Å². The van der Waals surface area contributed by atoms with E-state index >= 15 is 0 Å². The van der Waals surface area contributed by atoms with Crippen molar-refractivity contribution in [2.24, 2.45) is 0 Å². The minimum Gasteiger partial charge on any atom is -0.352 e. The van der Waals surface area contributed by atoms with Crippen molar-refractivity contribution in [2.75, 3.05) is 20.1 Å². The summed E-state index contributed by atoms with van der Waals surface area (Å²) in [6, 6.07) is 2.16. The number of ketones is 1. The van der Waals surface area contributed by atoms with Crippen LogP contribution in [0, 0.1) is 0 Å². The highest BCUT2D eigenvalue weighted by Gasteiger charge is 2.24. The van der Waals surface area contributed by atoms with E-state index in [0.29, 0.717) is 11.6 Å². The quantitative estimate of drug-likeness (QED) is 0.734. The van der Waals surface area contributed by atoms with Gasteiger partial charge in [-0.3, -0.25) is 14.5 Å². The standard InChI is InChI=1S/C12H14Br2N2O2S/c1-16(6-11(18)15-7-2-3-7)5-9(17)8-4-10(13)19-12(8)14/h4,7H,2-3,5-6H2,1H3,(H,15,18). The van der Waals surface area contributed by atoms with Crippen LogP contribution in [0.5, 0.6) is 0 Å². The zero-order chi connectivity index (χ0) is 14.0. The molecule has 0 saturated heterocycles. The second-order valence-electron chi connectivity index (χ2n) is 4.68. The minimum atomic E-state index is -0.0108. The van der Waals surface area contributed by atoms with Crippen molar-refractivity contribution in [1.29, 1.82) is 0 Å². The van der Waals surface area contributed by atoms with Gasteiger partial charge in [0.1, 0.15) is 0 Å². The summed E-state index contributed by atoms with van der Waals surface area (Å²) in [5.41, 5.74) is 0.659. The fourth-order valence-corrected chi connectivity index (χ4v) is 4.52. The molecule has 2 rings (SSSR count). The lowest BCUT2D eigenvalue weighted by atomic mass is 10.2. The highest BCUT2D eigenvalue weighted by atomic mass is 79.9. The van der Waals surface area contributed by atoms with Crippen LogP contribution in [0.1, 0.15) is 23.2 Å². The van der Waals surface area contributed by atoms with E-state index in [1.165, 1.54) is 11.3 Å². The number of hydrogen-bond acceptors (Lipinski definition) is 4. The number of hydrogen-bond donors (Lipinski definition) is 1. The molecule has 0 aliphatic heterocycles. The molecule has 0 unspecified atom stereocenters. The average Bonchev–Trinajstić information content (AvgIpc) is 3.02. The predicted octanol–water partition coefficient (Wildman–Crippen LogP) is 2.67. The van der Waals surface area contributed by atoms with Crippen LogP contribution in [-0.4, -0.2) is 42.8 Å². The fraction of sp³-hybridized carbons (Fsp3) is 0.500. The van der Waals surface area contributed by atoms with Crippen LogP contribution in [0.3, 0.4) is 0 Å². The summed E-state index contributed by atoms with van der Waals surface area (Å²) in [4.78, 5) is 25.4. The van der Waals surface area contributed by atoms with Crippen LogP contribution in [0.15, 0.2) is 13.6 Å². The number of halogens is 2. The van der Waals surface area contributed by atoms with E-state index in [1.54, 1.807) is 18.0 Å². The molecule has 0 atom stereocenters. The number of carbonyl (C=O) groups excluding carboxylic acids is 2. The van der Waals surface area contributed by atoms with Gasteiger partial charge in [-0.2, -0.15) is 0 Å². The minimum absolute atomic E-state index is 0.00977. The number of carbonyl (C=O) groups is 2. The molecule has 0 aromatic carbocycles. The Bertz CT molecular complexity index is 500. The van der Waals surface area contributed by atoms with Crippen molar-refractivity contribution in [3.63, 3.8) is 0 Å². The monoisotopic (exact) mass is 408 g/mol. The third-order valence-corrected chi connectivity index (χ3v) is 5.07. The summed E-state index contributed by atoms with van der Waals surface area (Å²) < 4.78 is 1.73. The lowest BCUT2D eigenvalue weighted by Crippen LogP contribution is -2.38. The van der Waals surface area contributed by atoms with E-state index in [-0.39, 0.29) is 24.8 Å². The van der Waals surface area contributed by atoms with Gasteiger partial charge in [0, 0.05) is 11.6 Å². The zero-order valence-electron chi connectivity index (χ0n) is 10.4. The Morgan fingerprint density at radius 3 is 2.63 bits per heavy atom. The first-order chi connectivity index (χ1) is 8.95. The fourth-order valence-electron chi connectivity index (χ4n) is 1.66. The molecule has 1 heterocycles. The first kappa shape index (κ1) is 15.2. The third kappa shape index (κ3) is 4.66. The molecule has 104 valence electrons. The predicted molar refractivity (Wildman–Crippen MR) is 82.7 cm³/mol. The second-order valence-corrected chi connectivity index (χ2v) is 8.42. The smallest absolute Gasteiger partial charge is 0.234 e. The van der Waals surface area contributed by atoms with E-state index in [2.05, 4.69) is 37.2 Å². The maximum Gasteiger partial charge on any atom is 0.234 e. The van der Waals surface area contributed by atoms with Gasteiger partial charge in [-0.15, -0.1) is 11.3 Å². The maximum atomic E-state index is 12.1. The molecule has 0 spiro atoms. The summed E-state index contributed by atoms with van der Waals surface area (Å²) in [5.74, 6) is -0.00101. The first-order valence-corrected chi connectivity index (χ1v) is 8.32. The van der Waals surface area contributed by atoms with Gasteiger partial charge in [-0.05, 0) is 57.8 Å². The van der Waals surface area contributed by atoms with Crippen LogP contribution in [0.4, 0.5) is 0 Å². The van der Waals surface area contributed by atoms with Crippen molar-refractivity contribution in [2.45, 2.75) is 18.9 Å². The Hall–Kier alpha value is -0.240. The van der Waals surface area contributed by atoms with Crippen molar-refractivity contribution < 1.29 is 9.59 Å². The first-order valence-electron chi connectivity index (χ1n) is 5.91. The number of thiophene rings is 1. The van der Waals surface area contributed by atoms with Gasteiger partial charge in [0.05, 0.1) is 20.7 Å². The Morgan fingerprint density at radius 2 is 2.11 bits per heavy atom. The number of likely N-dealkylation sites (N-methyl/N-ethyl adjacent to an activating group) is 1. The van der Waals surface area contributed by atoms with Crippen molar-refractivity contribution in [3.05, 3.63) is 19.2 Å². The van der Waals surface area contributed by atoms with E-state index in [1.807, 2.05) is 0 Å². The van der Waals surface area contributed by atoms with Crippen LogP contribution in [0.2, 0.25) is 0 Å². The third-order valence-electron chi connectivity index (χ3n) is 2.73. The molecule has 1 aliphatic rings. The Labute approximate surface area is 132 Å². The van der Waals surface area contributed by atoms with Crippen LogP contribution >= 0.6 is 43.2 Å². The van der Waals surface area contributed by atoms with E-state index < -0.39 is 0 Å². The molecule has 1 fully saturated rings. The topological polar surface area (TPSA) is 49.4 Å². The lowest BCUT2D eigenvalue weighted by Gasteiger charge is -2.15. The zero-order valence-corrected chi connectivity index (χ0v) is 14.4. The lowest BCUT2D eigenvalue weighted by molar-refractivity contribution is -0.121. The number of rotatable bonds is 6. The molecule has 1 N–H and O–H groups in total. The molecule has 0 radical (unpaired) electrons. The Kier molecular flexibility index (Phi) is 5.16. The number of nitrogens with zero attached hydrogens (tertiary/aromatic N) is 1. The normalized spacial score (nSPS) is 14.7. The van der Waals surface area contributed by atoms with Gasteiger partial charge in [0.15, 0.2) is 5.78 Å². The second kappa shape index (κ2) is 6.47. The molecule has 1 aliphatic carbocycles. The van der Waals surface area contributed by atoms with Crippen molar-refractivity contribution in [1.82, 2.24) is 10.2 Å². The highest BCUT2D eigenvalue weighted by Crippen LogP contribution is 2.32. The largest absolute Gasteiger partial charge is 0.352 e. The molecular weight excluding hydrogens is 396 g/mol. The van der Waals surface area contributed by atoms with E-state index in [0.717, 1.165) is 20.4 Å². The maximum absolute atomic E-state index is 12.1. The molecule has 1 amide bonds. The molecular formula is C12H14Br2N2O2S. The highest BCUT2D eigenvalue weighted by molar-refractivity contribution is 9.12. The molecule has 7 heteroatoms. The van der Waals surface area contributed by atoms with Gasteiger partial charge in [0.25, 0.3) is 0 Å². The van der Waals surface area contributed by atoms with Gasteiger partial charge in [0.2, 0.25) is 5.91 Å². The Balaban J connectivity index is 1.83. The summed E-state index contributed by atoms with van der Waals surface area (Å²) in [7, 11) is 1.78. The molecule has 19 heavy (non-hydrogen) atoms. The van der Waals surface area contributed by atoms with E-state index in [9.17, 15) is 9.59 Å². The molecule has 1 saturated carbocycles. The molecule has 0 bridgehead atoms. The van der Waals surface area contributed by atoms with Gasteiger partial charge >= 0.3 is 0 Å². The van der Waals surface area contributed by atoms with Crippen molar-refractivity contribution >= 4 is 54.9 Å². The molecule has 4 nitrogen and oxygen atoms in total. The number of Topliss-reactive ketones (excluding diaryl/α,β-unsaturated/α-hetero) is 1. The Morgan fingerprint density at radius 1 is 1.42 bits per heavy atom.